The van der Waals surface area contributed by atoms with Crippen LogP contribution in [-0.4, -0.2) is 63.2 Å². The Labute approximate surface area is 109 Å². The number of aromatic nitrogens is 2. The third-order valence-electron chi connectivity index (χ3n) is 2.84. The van der Waals surface area contributed by atoms with Gasteiger partial charge in [-0.3, -0.25) is 4.68 Å². The SMILES string of the molecule is CNC(COC)c1c(OC)cnn1CCN(C)C. The quantitative estimate of drug-likeness (QED) is 0.728. The molecule has 18 heavy (non-hydrogen) atoms. The summed E-state index contributed by atoms with van der Waals surface area (Å²) in [4.78, 5) is 2.13. The first kappa shape index (κ1) is 14.9. The highest BCUT2D eigenvalue weighted by atomic mass is 16.5. The molecule has 0 aliphatic carbocycles. The van der Waals surface area contributed by atoms with Crippen LogP contribution in [0.2, 0.25) is 0 Å². The highest BCUT2D eigenvalue weighted by Crippen LogP contribution is 2.24. The van der Waals surface area contributed by atoms with Gasteiger partial charge in [0.25, 0.3) is 0 Å². The molecule has 6 nitrogen and oxygen atoms in total. The van der Waals surface area contributed by atoms with E-state index in [1.165, 1.54) is 0 Å². The molecule has 1 unspecified atom stereocenters. The summed E-state index contributed by atoms with van der Waals surface area (Å²) in [6, 6.07) is 0.0783. The normalized spacial score (nSPS) is 13.0. The lowest BCUT2D eigenvalue weighted by atomic mass is 10.2. The zero-order valence-corrected chi connectivity index (χ0v) is 11.9. The Balaban J connectivity index is 2.92. The molecule has 0 radical (unpaired) electrons. The van der Waals surface area contributed by atoms with Crippen LogP contribution in [0, 0.1) is 0 Å². The van der Waals surface area contributed by atoms with Crippen LogP contribution in [0.25, 0.3) is 0 Å². The molecule has 1 N–H and O–H groups in total. The lowest BCUT2D eigenvalue weighted by Crippen LogP contribution is -2.27. The first-order chi connectivity index (χ1) is 8.63. The van der Waals surface area contributed by atoms with Crippen molar-refractivity contribution in [2.24, 2.45) is 0 Å². The van der Waals surface area contributed by atoms with Crippen LogP contribution in [0.3, 0.4) is 0 Å². The predicted molar refractivity (Wildman–Crippen MR) is 71.0 cm³/mol. The summed E-state index contributed by atoms with van der Waals surface area (Å²) >= 11 is 0. The van der Waals surface area contributed by atoms with Crippen LogP contribution in [0.4, 0.5) is 0 Å². The molecule has 0 aromatic carbocycles. The summed E-state index contributed by atoms with van der Waals surface area (Å²) in [5.74, 6) is 0.796. The Hall–Kier alpha value is -1.11. The maximum Gasteiger partial charge on any atom is 0.161 e. The molecule has 0 aliphatic rings. The van der Waals surface area contributed by atoms with Crippen molar-refractivity contribution < 1.29 is 9.47 Å². The monoisotopic (exact) mass is 256 g/mol. The van der Waals surface area contributed by atoms with Gasteiger partial charge in [0.1, 0.15) is 0 Å². The maximum absolute atomic E-state index is 5.37. The van der Waals surface area contributed by atoms with Crippen LogP contribution < -0.4 is 10.1 Å². The average Bonchev–Trinajstić information content (AvgIpc) is 2.76. The van der Waals surface area contributed by atoms with E-state index in [0.717, 1.165) is 24.5 Å². The van der Waals surface area contributed by atoms with E-state index >= 15 is 0 Å². The lowest BCUT2D eigenvalue weighted by Gasteiger charge is -2.19. The molecule has 0 saturated heterocycles. The van der Waals surface area contributed by atoms with Gasteiger partial charge < -0.3 is 19.7 Å². The predicted octanol–water partition coefficient (Wildman–Crippen LogP) is 0.360. The van der Waals surface area contributed by atoms with Crippen molar-refractivity contribution in [3.8, 4) is 5.75 Å². The molecule has 1 heterocycles. The number of hydrogen-bond acceptors (Lipinski definition) is 5. The lowest BCUT2D eigenvalue weighted by molar-refractivity contribution is 0.164. The smallest absolute Gasteiger partial charge is 0.161 e. The van der Waals surface area contributed by atoms with Crippen LogP contribution in [-0.2, 0) is 11.3 Å². The van der Waals surface area contributed by atoms with Crippen molar-refractivity contribution in [1.29, 1.82) is 0 Å². The van der Waals surface area contributed by atoms with Crippen LogP contribution in [0.15, 0.2) is 6.20 Å². The van der Waals surface area contributed by atoms with Crippen LogP contribution in [0.1, 0.15) is 11.7 Å². The second kappa shape index (κ2) is 7.35. The molecule has 1 rings (SSSR count). The molecule has 104 valence electrons. The minimum atomic E-state index is 0.0783. The molecule has 0 saturated carbocycles. The van der Waals surface area contributed by atoms with E-state index < -0.39 is 0 Å². The van der Waals surface area contributed by atoms with Crippen molar-refractivity contribution in [3.63, 3.8) is 0 Å². The minimum absolute atomic E-state index is 0.0783. The van der Waals surface area contributed by atoms with Crippen molar-refractivity contribution in [1.82, 2.24) is 20.0 Å². The van der Waals surface area contributed by atoms with Gasteiger partial charge in [-0.15, -0.1) is 0 Å². The van der Waals surface area contributed by atoms with Gasteiger partial charge in [-0.1, -0.05) is 0 Å². The Morgan fingerprint density at radius 2 is 2.17 bits per heavy atom. The Bertz CT molecular complexity index is 352. The van der Waals surface area contributed by atoms with Gasteiger partial charge in [-0.2, -0.15) is 5.10 Å². The molecular weight excluding hydrogens is 232 g/mol. The zero-order valence-electron chi connectivity index (χ0n) is 11.9. The second-order valence-electron chi connectivity index (χ2n) is 4.42. The van der Waals surface area contributed by atoms with Gasteiger partial charge in [0.2, 0.25) is 0 Å². The van der Waals surface area contributed by atoms with Crippen molar-refractivity contribution in [2.45, 2.75) is 12.6 Å². The number of ether oxygens (including phenoxy) is 2. The van der Waals surface area contributed by atoms with Crippen molar-refractivity contribution >= 4 is 0 Å². The molecule has 6 heteroatoms. The third kappa shape index (κ3) is 3.69. The molecule has 0 aliphatic heterocycles. The molecule has 1 aromatic rings. The minimum Gasteiger partial charge on any atom is -0.493 e. The molecule has 0 fully saturated rings. The molecule has 0 bridgehead atoms. The Morgan fingerprint density at radius 3 is 2.67 bits per heavy atom. The first-order valence-corrected chi connectivity index (χ1v) is 6.04. The summed E-state index contributed by atoms with van der Waals surface area (Å²) in [7, 11) is 9.36. The molecule has 1 atom stereocenters. The zero-order chi connectivity index (χ0) is 13.5. The topological polar surface area (TPSA) is 51.5 Å². The van der Waals surface area contributed by atoms with Gasteiger partial charge in [-0.05, 0) is 21.1 Å². The van der Waals surface area contributed by atoms with Crippen molar-refractivity contribution in [3.05, 3.63) is 11.9 Å². The fraction of sp³-hybridized carbons (Fsp3) is 0.750. The number of nitrogens with zero attached hydrogens (tertiary/aromatic N) is 3. The number of nitrogens with one attached hydrogen (secondary N) is 1. The first-order valence-electron chi connectivity index (χ1n) is 6.04. The van der Waals surface area contributed by atoms with E-state index in [2.05, 4.69) is 15.3 Å². The summed E-state index contributed by atoms with van der Waals surface area (Å²) in [6.45, 7) is 2.34. The highest BCUT2D eigenvalue weighted by Gasteiger charge is 2.20. The number of methoxy groups -OCH3 is 2. The number of hydrogen-bond donors (Lipinski definition) is 1. The summed E-state index contributed by atoms with van der Waals surface area (Å²) in [5.41, 5.74) is 1.03. The largest absolute Gasteiger partial charge is 0.493 e. The summed E-state index contributed by atoms with van der Waals surface area (Å²) in [5, 5.41) is 7.61. The van der Waals surface area contributed by atoms with Crippen LogP contribution >= 0.6 is 0 Å². The van der Waals surface area contributed by atoms with Crippen LogP contribution in [0.5, 0.6) is 5.75 Å². The Kier molecular flexibility index (Phi) is 6.11. The molecule has 0 spiro atoms. The maximum atomic E-state index is 5.37. The fourth-order valence-electron chi connectivity index (χ4n) is 1.83. The van der Waals surface area contributed by atoms with Gasteiger partial charge >= 0.3 is 0 Å². The molecule has 1 aromatic heterocycles. The third-order valence-corrected chi connectivity index (χ3v) is 2.84. The fourth-order valence-corrected chi connectivity index (χ4v) is 1.83. The van der Waals surface area contributed by atoms with E-state index in [9.17, 15) is 0 Å². The van der Waals surface area contributed by atoms with E-state index in [1.54, 1.807) is 20.4 Å². The van der Waals surface area contributed by atoms with Gasteiger partial charge in [0.15, 0.2) is 5.75 Å². The summed E-state index contributed by atoms with van der Waals surface area (Å²) < 4.78 is 12.6. The number of likely N-dealkylation sites (N-methyl/N-ethyl adjacent to an activating group) is 2. The van der Waals surface area contributed by atoms with E-state index in [-0.39, 0.29) is 6.04 Å². The van der Waals surface area contributed by atoms with Crippen molar-refractivity contribution in [2.75, 3.05) is 48.5 Å². The van der Waals surface area contributed by atoms with Gasteiger partial charge in [0, 0.05) is 13.7 Å². The van der Waals surface area contributed by atoms with E-state index in [0.29, 0.717) is 6.61 Å². The highest BCUT2D eigenvalue weighted by molar-refractivity contribution is 5.28. The standard InChI is InChI=1S/C12H24N4O2/c1-13-10(9-17-4)12-11(18-5)8-14-16(12)7-6-15(2)3/h8,10,13H,6-7,9H2,1-5H3. The van der Waals surface area contributed by atoms with E-state index in [1.807, 2.05) is 25.8 Å². The molecular formula is C12H24N4O2. The van der Waals surface area contributed by atoms with Gasteiger partial charge in [-0.25, -0.2) is 0 Å². The average molecular weight is 256 g/mol. The van der Waals surface area contributed by atoms with E-state index in [4.69, 9.17) is 9.47 Å². The van der Waals surface area contributed by atoms with Gasteiger partial charge in [0.05, 0.1) is 38.2 Å². The number of rotatable bonds is 8. The Morgan fingerprint density at radius 1 is 1.44 bits per heavy atom. The second-order valence-corrected chi connectivity index (χ2v) is 4.42. The summed E-state index contributed by atoms with van der Waals surface area (Å²) in [6.07, 6.45) is 1.75. The molecule has 0 amide bonds.